The zero-order valence-corrected chi connectivity index (χ0v) is 11.2. The Morgan fingerprint density at radius 1 is 1.50 bits per heavy atom. The molecule has 4 nitrogen and oxygen atoms in total. The first-order chi connectivity index (χ1) is 8.51. The fraction of sp³-hybridized carbons (Fsp3) is 0.538. The fourth-order valence-corrected chi connectivity index (χ4v) is 3.07. The third-order valence-electron chi connectivity index (χ3n) is 3.76. The third-order valence-corrected chi connectivity index (χ3v) is 3.97. The molecule has 3 rings (SSSR count). The van der Waals surface area contributed by atoms with Gasteiger partial charge < -0.3 is 9.64 Å². The predicted octanol–water partition coefficient (Wildman–Crippen LogP) is 2.21. The van der Waals surface area contributed by atoms with E-state index in [1.165, 1.54) is 0 Å². The summed E-state index contributed by atoms with van der Waals surface area (Å²) in [7, 11) is 0. The minimum absolute atomic E-state index is 0.0367. The van der Waals surface area contributed by atoms with E-state index in [9.17, 15) is 4.79 Å². The van der Waals surface area contributed by atoms with Crippen LogP contribution in [0.1, 0.15) is 36.3 Å². The van der Waals surface area contributed by atoms with Crippen molar-refractivity contribution < 1.29 is 9.53 Å². The molecule has 0 aromatic carbocycles. The number of halogens is 1. The highest BCUT2D eigenvalue weighted by Gasteiger charge is 2.48. The summed E-state index contributed by atoms with van der Waals surface area (Å²) >= 11 is 5.94. The average Bonchev–Trinajstić information content (AvgIpc) is 2.87. The van der Waals surface area contributed by atoms with Gasteiger partial charge in [0, 0.05) is 6.61 Å². The van der Waals surface area contributed by atoms with Crippen molar-refractivity contribution >= 4 is 17.5 Å². The molecule has 1 amide bonds. The number of ether oxygens (including phenoxy) is 1. The molecule has 0 aliphatic carbocycles. The molecular weight excluding hydrogens is 252 g/mol. The molecule has 0 spiro atoms. The maximum atomic E-state index is 12.5. The number of hydrogen-bond acceptors (Lipinski definition) is 3. The largest absolute Gasteiger partial charge is 0.379 e. The van der Waals surface area contributed by atoms with Crippen LogP contribution in [-0.2, 0) is 10.3 Å². The summed E-state index contributed by atoms with van der Waals surface area (Å²) in [6, 6.07) is 3.58. The second-order valence-electron chi connectivity index (χ2n) is 5.28. The molecule has 1 fully saturated rings. The topological polar surface area (TPSA) is 42.4 Å². The van der Waals surface area contributed by atoms with Crippen LogP contribution in [0.3, 0.4) is 0 Å². The summed E-state index contributed by atoms with van der Waals surface area (Å²) in [5.41, 5.74) is 1.01. The summed E-state index contributed by atoms with van der Waals surface area (Å²) in [6.07, 6.45) is 0.886. The number of aromatic nitrogens is 1. The van der Waals surface area contributed by atoms with Gasteiger partial charge in [-0.15, -0.1) is 0 Å². The highest BCUT2D eigenvalue weighted by Crippen LogP contribution is 2.40. The van der Waals surface area contributed by atoms with E-state index in [0.717, 1.165) is 18.7 Å². The van der Waals surface area contributed by atoms with E-state index < -0.39 is 5.54 Å². The molecule has 1 aromatic heterocycles. The van der Waals surface area contributed by atoms with Crippen molar-refractivity contribution in [2.75, 3.05) is 13.2 Å². The lowest BCUT2D eigenvalue weighted by atomic mass is 9.98. The van der Waals surface area contributed by atoms with Crippen LogP contribution in [0.5, 0.6) is 0 Å². The van der Waals surface area contributed by atoms with E-state index in [4.69, 9.17) is 16.3 Å². The van der Waals surface area contributed by atoms with Crippen LogP contribution in [-0.4, -0.2) is 35.0 Å². The zero-order chi connectivity index (χ0) is 12.9. The fourth-order valence-electron chi connectivity index (χ4n) is 2.92. The number of carbonyl (C=O) groups is 1. The standard InChI is InChI=1S/C13H15ClN2O2/c1-13(2)11-9(3-4-10(14)15-11)12(17)16(13)8-5-6-18-7-8/h3-4,8H,5-7H2,1-2H3. The number of pyridine rings is 1. The molecule has 1 unspecified atom stereocenters. The molecule has 18 heavy (non-hydrogen) atoms. The van der Waals surface area contributed by atoms with Crippen LogP contribution in [0.2, 0.25) is 5.15 Å². The van der Waals surface area contributed by atoms with Gasteiger partial charge in [0.2, 0.25) is 0 Å². The van der Waals surface area contributed by atoms with Gasteiger partial charge >= 0.3 is 0 Å². The molecule has 0 bridgehead atoms. The van der Waals surface area contributed by atoms with Crippen LogP contribution in [0.25, 0.3) is 0 Å². The second kappa shape index (κ2) is 3.93. The highest BCUT2D eigenvalue weighted by atomic mass is 35.5. The highest BCUT2D eigenvalue weighted by molar-refractivity contribution is 6.29. The Morgan fingerprint density at radius 2 is 2.28 bits per heavy atom. The van der Waals surface area contributed by atoms with Crippen molar-refractivity contribution in [2.45, 2.75) is 31.8 Å². The van der Waals surface area contributed by atoms with Gasteiger partial charge in [-0.1, -0.05) is 11.6 Å². The lowest BCUT2D eigenvalue weighted by molar-refractivity contribution is 0.0433. The smallest absolute Gasteiger partial charge is 0.256 e. The molecule has 0 saturated carbocycles. The minimum atomic E-state index is -0.421. The SMILES string of the molecule is CC1(C)c2nc(Cl)ccc2C(=O)N1C1CCOC1. The maximum Gasteiger partial charge on any atom is 0.256 e. The first kappa shape index (κ1) is 11.9. The number of amides is 1. The molecule has 1 aromatic rings. The Balaban J connectivity index is 2.07. The first-order valence-corrected chi connectivity index (χ1v) is 6.48. The predicted molar refractivity (Wildman–Crippen MR) is 67.7 cm³/mol. The van der Waals surface area contributed by atoms with Crippen LogP contribution in [0.4, 0.5) is 0 Å². The Kier molecular flexibility index (Phi) is 2.61. The monoisotopic (exact) mass is 266 g/mol. The van der Waals surface area contributed by atoms with E-state index in [-0.39, 0.29) is 11.9 Å². The molecule has 0 radical (unpaired) electrons. The molecule has 5 heteroatoms. The average molecular weight is 267 g/mol. The number of carbonyl (C=O) groups excluding carboxylic acids is 1. The minimum Gasteiger partial charge on any atom is -0.379 e. The molecule has 1 saturated heterocycles. The molecule has 0 N–H and O–H groups in total. The van der Waals surface area contributed by atoms with Gasteiger partial charge in [0.1, 0.15) is 5.15 Å². The lowest BCUT2D eigenvalue weighted by Gasteiger charge is -2.35. The van der Waals surface area contributed by atoms with Gasteiger partial charge in [-0.3, -0.25) is 4.79 Å². The van der Waals surface area contributed by atoms with Gasteiger partial charge in [-0.05, 0) is 32.4 Å². The summed E-state index contributed by atoms with van der Waals surface area (Å²) in [6.45, 7) is 5.35. The van der Waals surface area contributed by atoms with Crippen LogP contribution in [0.15, 0.2) is 12.1 Å². The Morgan fingerprint density at radius 3 is 2.94 bits per heavy atom. The summed E-state index contributed by atoms with van der Waals surface area (Å²) < 4.78 is 5.39. The van der Waals surface area contributed by atoms with Crippen LogP contribution < -0.4 is 0 Å². The van der Waals surface area contributed by atoms with Crippen molar-refractivity contribution in [1.82, 2.24) is 9.88 Å². The summed E-state index contributed by atoms with van der Waals surface area (Å²) in [5, 5.41) is 0.430. The van der Waals surface area contributed by atoms with Crippen molar-refractivity contribution in [3.05, 3.63) is 28.5 Å². The maximum absolute atomic E-state index is 12.5. The molecular formula is C13H15ClN2O2. The Labute approximate surface area is 111 Å². The molecule has 96 valence electrons. The molecule has 2 aliphatic rings. The number of fused-ring (bicyclic) bond motifs is 1. The van der Waals surface area contributed by atoms with Crippen molar-refractivity contribution in [3.8, 4) is 0 Å². The lowest BCUT2D eigenvalue weighted by Crippen LogP contribution is -2.47. The molecule has 1 atom stereocenters. The number of hydrogen-bond donors (Lipinski definition) is 0. The quantitative estimate of drug-likeness (QED) is 0.732. The van der Waals surface area contributed by atoms with Gasteiger partial charge in [0.15, 0.2) is 0 Å². The number of nitrogens with zero attached hydrogens (tertiary/aromatic N) is 2. The van der Waals surface area contributed by atoms with Gasteiger partial charge in [0.25, 0.3) is 5.91 Å². The Hall–Kier alpha value is -1.13. The van der Waals surface area contributed by atoms with Crippen molar-refractivity contribution in [3.63, 3.8) is 0 Å². The van der Waals surface area contributed by atoms with Gasteiger partial charge in [-0.25, -0.2) is 4.98 Å². The van der Waals surface area contributed by atoms with Gasteiger partial charge in [-0.2, -0.15) is 0 Å². The summed E-state index contributed by atoms with van der Waals surface area (Å²) in [5.74, 6) is 0.0367. The molecule has 2 aliphatic heterocycles. The molecule has 3 heterocycles. The van der Waals surface area contributed by atoms with Crippen LogP contribution in [0, 0.1) is 0 Å². The Bertz CT molecular complexity index is 510. The first-order valence-electron chi connectivity index (χ1n) is 6.10. The van der Waals surface area contributed by atoms with E-state index >= 15 is 0 Å². The zero-order valence-electron chi connectivity index (χ0n) is 10.4. The van der Waals surface area contributed by atoms with E-state index in [1.54, 1.807) is 12.1 Å². The second-order valence-corrected chi connectivity index (χ2v) is 5.67. The van der Waals surface area contributed by atoms with E-state index in [1.807, 2.05) is 18.7 Å². The van der Waals surface area contributed by atoms with E-state index in [0.29, 0.717) is 17.3 Å². The number of rotatable bonds is 1. The van der Waals surface area contributed by atoms with Crippen molar-refractivity contribution in [1.29, 1.82) is 0 Å². The summed E-state index contributed by atoms with van der Waals surface area (Å²) in [4.78, 5) is 18.7. The normalized spacial score (nSPS) is 25.6. The van der Waals surface area contributed by atoms with E-state index in [2.05, 4.69) is 4.98 Å². The van der Waals surface area contributed by atoms with Crippen molar-refractivity contribution in [2.24, 2.45) is 0 Å². The third kappa shape index (κ3) is 1.56. The van der Waals surface area contributed by atoms with Crippen LogP contribution >= 0.6 is 11.6 Å². The van der Waals surface area contributed by atoms with Gasteiger partial charge in [0.05, 0.1) is 29.4 Å².